The Morgan fingerprint density at radius 2 is 1.89 bits per heavy atom. The van der Waals surface area contributed by atoms with Gasteiger partial charge in [-0.15, -0.1) is 0 Å². The predicted octanol–water partition coefficient (Wildman–Crippen LogP) is 2.75. The van der Waals surface area contributed by atoms with Gasteiger partial charge >= 0.3 is 12.0 Å². The Labute approximate surface area is 161 Å². The zero-order chi connectivity index (χ0) is 19.9. The molecule has 1 aliphatic rings. The Morgan fingerprint density at radius 3 is 2.57 bits per heavy atom. The van der Waals surface area contributed by atoms with E-state index in [2.05, 4.69) is 20.8 Å². The van der Waals surface area contributed by atoms with Crippen molar-refractivity contribution in [2.24, 2.45) is 5.92 Å². The first-order valence-corrected chi connectivity index (χ1v) is 9.37. The highest BCUT2D eigenvalue weighted by Gasteiger charge is 2.26. The third-order valence-electron chi connectivity index (χ3n) is 4.84. The fourth-order valence-electron chi connectivity index (χ4n) is 3.24. The molecule has 1 aromatic carbocycles. The summed E-state index contributed by atoms with van der Waals surface area (Å²) in [6.45, 7) is 0.449. The number of rotatable bonds is 7. The second-order valence-electron chi connectivity index (χ2n) is 6.91. The monoisotopic (exact) mass is 390 g/mol. The third-order valence-corrected chi connectivity index (χ3v) is 4.84. The molecule has 3 N–H and O–H groups in total. The highest BCUT2D eigenvalue weighted by Crippen LogP contribution is 2.24. The number of carbonyl (C=O) groups excluding carboxylic acids is 1. The number of carboxylic acids is 1. The van der Waals surface area contributed by atoms with Crippen LogP contribution in [0.25, 0.3) is 11.4 Å². The molecule has 0 unspecified atom stereocenters. The van der Waals surface area contributed by atoms with Crippen LogP contribution >= 0.6 is 0 Å². The number of urea groups is 1. The second kappa shape index (κ2) is 9.29. The van der Waals surface area contributed by atoms with Gasteiger partial charge in [0.1, 0.15) is 5.82 Å². The zero-order valence-electron chi connectivity index (χ0n) is 15.4. The highest BCUT2D eigenvalue weighted by atomic mass is 19.1. The number of aromatic nitrogens is 2. The molecule has 2 amide bonds. The van der Waals surface area contributed by atoms with Crippen molar-refractivity contribution in [1.82, 2.24) is 20.8 Å². The normalized spacial score (nSPS) is 19.2. The van der Waals surface area contributed by atoms with Crippen LogP contribution in [0.15, 0.2) is 28.8 Å². The average molecular weight is 390 g/mol. The van der Waals surface area contributed by atoms with Crippen LogP contribution in [0.1, 0.15) is 38.0 Å². The first-order valence-electron chi connectivity index (χ1n) is 9.37. The lowest BCUT2D eigenvalue weighted by Crippen LogP contribution is -2.44. The maximum absolute atomic E-state index is 12.9. The molecule has 28 heavy (non-hydrogen) atoms. The molecular weight excluding hydrogens is 367 g/mol. The summed E-state index contributed by atoms with van der Waals surface area (Å²) in [6.07, 6.45) is 3.68. The highest BCUT2D eigenvalue weighted by molar-refractivity contribution is 5.74. The smallest absolute Gasteiger partial charge is 0.315 e. The van der Waals surface area contributed by atoms with Crippen molar-refractivity contribution in [2.75, 3.05) is 6.54 Å². The van der Waals surface area contributed by atoms with Crippen LogP contribution in [0.4, 0.5) is 9.18 Å². The van der Waals surface area contributed by atoms with Crippen molar-refractivity contribution in [3.63, 3.8) is 0 Å². The van der Waals surface area contributed by atoms with Crippen molar-refractivity contribution in [1.29, 1.82) is 0 Å². The van der Waals surface area contributed by atoms with E-state index in [1.807, 2.05) is 0 Å². The number of carboxylic acid groups (broad SMARTS) is 1. The van der Waals surface area contributed by atoms with Gasteiger partial charge in [0.2, 0.25) is 11.7 Å². The number of hydrogen-bond acceptors (Lipinski definition) is 5. The average Bonchev–Trinajstić information content (AvgIpc) is 3.15. The van der Waals surface area contributed by atoms with E-state index < -0.39 is 5.97 Å². The molecule has 3 rings (SSSR count). The summed E-state index contributed by atoms with van der Waals surface area (Å²) in [5.41, 5.74) is 0.673. The summed E-state index contributed by atoms with van der Waals surface area (Å²) in [6, 6.07) is 5.60. The number of aryl methyl sites for hydroxylation is 1. The van der Waals surface area contributed by atoms with Crippen molar-refractivity contribution < 1.29 is 23.6 Å². The largest absolute Gasteiger partial charge is 0.481 e. The number of nitrogens with zero attached hydrogens (tertiary/aromatic N) is 2. The molecule has 1 heterocycles. The first-order chi connectivity index (χ1) is 13.5. The minimum absolute atomic E-state index is 0.0183. The summed E-state index contributed by atoms with van der Waals surface area (Å²) in [5.74, 6) is -0.528. The summed E-state index contributed by atoms with van der Waals surface area (Å²) < 4.78 is 18.1. The van der Waals surface area contributed by atoms with Gasteiger partial charge in [0, 0.05) is 24.6 Å². The van der Waals surface area contributed by atoms with Crippen molar-refractivity contribution in [2.45, 2.75) is 44.6 Å². The molecule has 9 heteroatoms. The topological polar surface area (TPSA) is 117 Å². The lowest BCUT2D eigenvalue weighted by atomic mass is 9.86. The summed E-state index contributed by atoms with van der Waals surface area (Å²) in [5, 5.41) is 18.5. The molecule has 1 saturated carbocycles. The van der Waals surface area contributed by atoms with Crippen LogP contribution in [0.2, 0.25) is 0 Å². The van der Waals surface area contributed by atoms with Crippen LogP contribution in [0.5, 0.6) is 0 Å². The van der Waals surface area contributed by atoms with Crippen molar-refractivity contribution in [3.05, 3.63) is 36.0 Å². The molecule has 1 aliphatic carbocycles. The second-order valence-corrected chi connectivity index (χ2v) is 6.91. The van der Waals surface area contributed by atoms with Gasteiger partial charge in [0.25, 0.3) is 0 Å². The quantitative estimate of drug-likeness (QED) is 0.626. The Morgan fingerprint density at radius 1 is 1.18 bits per heavy atom. The molecular formula is C19H23FN4O4. The van der Waals surface area contributed by atoms with E-state index in [1.165, 1.54) is 12.1 Å². The first kappa shape index (κ1) is 19.8. The van der Waals surface area contributed by atoms with Crippen LogP contribution in [-0.2, 0) is 11.2 Å². The molecule has 1 fully saturated rings. The van der Waals surface area contributed by atoms with Gasteiger partial charge in [-0.05, 0) is 56.4 Å². The Hall–Kier alpha value is -2.97. The SMILES string of the molecule is O=C(NCCCc1nc(-c2ccc(F)cc2)no1)NC1CCC(C(=O)O)CC1. The maximum atomic E-state index is 12.9. The number of aliphatic carboxylic acids is 1. The van der Waals surface area contributed by atoms with E-state index >= 15 is 0 Å². The molecule has 0 bridgehead atoms. The number of amides is 2. The number of hydrogen-bond donors (Lipinski definition) is 3. The van der Waals surface area contributed by atoms with E-state index in [-0.39, 0.29) is 23.8 Å². The molecule has 0 aliphatic heterocycles. The van der Waals surface area contributed by atoms with Crippen molar-refractivity contribution in [3.8, 4) is 11.4 Å². The Kier molecular flexibility index (Phi) is 6.57. The van der Waals surface area contributed by atoms with Gasteiger partial charge in [-0.2, -0.15) is 4.98 Å². The van der Waals surface area contributed by atoms with Gasteiger partial charge in [-0.1, -0.05) is 5.16 Å². The lowest BCUT2D eigenvalue weighted by molar-refractivity contribution is -0.142. The Balaban J connectivity index is 1.34. The Bertz CT molecular complexity index is 801. The molecule has 8 nitrogen and oxygen atoms in total. The van der Waals surface area contributed by atoms with E-state index in [0.29, 0.717) is 62.3 Å². The molecule has 1 aromatic heterocycles. The van der Waals surface area contributed by atoms with Crippen LogP contribution in [0.3, 0.4) is 0 Å². The standard InChI is InChI=1S/C19H23FN4O4/c20-14-7-3-12(4-8-14)17-23-16(28-24-17)2-1-11-21-19(27)22-15-9-5-13(6-10-15)18(25)26/h3-4,7-8,13,15H,1-2,5-6,9-11H2,(H,25,26)(H2,21,22,27). The molecule has 2 aromatic rings. The predicted molar refractivity (Wildman–Crippen MR) is 97.9 cm³/mol. The maximum Gasteiger partial charge on any atom is 0.315 e. The lowest BCUT2D eigenvalue weighted by Gasteiger charge is -2.26. The number of nitrogens with one attached hydrogen (secondary N) is 2. The van der Waals surface area contributed by atoms with Gasteiger partial charge in [0.15, 0.2) is 0 Å². The zero-order valence-corrected chi connectivity index (χ0v) is 15.4. The van der Waals surface area contributed by atoms with E-state index in [1.54, 1.807) is 12.1 Å². The number of benzene rings is 1. The van der Waals surface area contributed by atoms with Gasteiger partial charge < -0.3 is 20.3 Å². The minimum atomic E-state index is -0.758. The molecule has 150 valence electrons. The molecule has 0 saturated heterocycles. The summed E-state index contributed by atoms with van der Waals surface area (Å²) in [4.78, 5) is 27.1. The summed E-state index contributed by atoms with van der Waals surface area (Å²) in [7, 11) is 0. The summed E-state index contributed by atoms with van der Waals surface area (Å²) >= 11 is 0. The van der Waals surface area contributed by atoms with E-state index in [9.17, 15) is 14.0 Å². The number of carbonyl (C=O) groups is 2. The fraction of sp³-hybridized carbons (Fsp3) is 0.474. The van der Waals surface area contributed by atoms with Gasteiger partial charge in [0.05, 0.1) is 5.92 Å². The minimum Gasteiger partial charge on any atom is -0.481 e. The van der Waals surface area contributed by atoms with Crippen LogP contribution in [0, 0.1) is 11.7 Å². The third kappa shape index (κ3) is 5.51. The van der Waals surface area contributed by atoms with Crippen LogP contribution < -0.4 is 10.6 Å². The van der Waals surface area contributed by atoms with E-state index in [4.69, 9.17) is 9.63 Å². The number of halogens is 1. The van der Waals surface area contributed by atoms with Crippen LogP contribution in [-0.4, -0.2) is 39.8 Å². The molecule has 0 spiro atoms. The molecule has 0 atom stereocenters. The van der Waals surface area contributed by atoms with Gasteiger partial charge in [-0.25, -0.2) is 9.18 Å². The van der Waals surface area contributed by atoms with Gasteiger partial charge in [-0.3, -0.25) is 4.79 Å². The fourth-order valence-corrected chi connectivity index (χ4v) is 3.24. The van der Waals surface area contributed by atoms with Crippen molar-refractivity contribution >= 4 is 12.0 Å². The molecule has 0 radical (unpaired) electrons. The van der Waals surface area contributed by atoms with E-state index in [0.717, 1.165) is 0 Å².